The Bertz CT molecular complexity index is 756. The van der Waals surface area contributed by atoms with E-state index in [9.17, 15) is 18.0 Å². The van der Waals surface area contributed by atoms with E-state index in [0.29, 0.717) is 6.42 Å². The van der Waals surface area contributed by atoms with Crippen LogP contribution in [0.15, 0.2) is 18.3 Å². The second-order valence-corrected chi connectivity index (χ2v) is 6.46. The first-order chi connectivity index (χ1) is 12.5. The second-order valence-electron chi connectivity index (χ2n) is 6.46. The number of benzene rings is 1. The van der Waals surface area contributed by atoms with Crippen LogP contribution in [0, 0.1) is 17.5 Å². The average molecular weight is 367 g/mol. The van der Waals surface area contributed by atoms with Crippen LogP contribution in [0.4, 0.5) is 13.2 Å². The van der Waals surface area contributed by atoms with Crippen molar-refractivity contribution in [3.8, 4) is 11.1 Å². The van der Waals surface area contributed by atoms with E-state index >= 15 is 0 Å². The summed E-state index contributed by atoms with van der Waals surface area (Å²) >= 11 is 0. The monoisotopic (exact) mass is 367 g/mol. The van der Waals surface area contributed by atoms with Crippen LogP contribution in [0.1, 0.15) is 67.9 Å². The van der Waals surface area contributed by atoms with Crippen LogP contribution in [0.5, 0.6) is 0 Å². The summed E-state index contributed by atoms with van der Waals surface area (Å²) in [6.07, 6.45) is 8.54. The van der Waals surface area contributed by atoms with Gasteiger partial charge in [-0.1, -0.05) is 45.4 Å². The van der Waals surface area contributed by atoms with E-state index in [1.807, 2.05) is 0 Å². The average Bonchev–Trinajstić information content (AvgIpc) is 2.98. The van der Waals surface area contributed by atoms with Gasteiger partial charge in [0, 0.05) is 22.9 Å². The highest BCUT2D eigenvalue weighted by Crippen LogP contribution is 2.31. The van der Waals surface area contributed by atoms with Crippen molar-refractivity contribution in [2.45, 2.75) is 58.3 Å². The number of aromatic amines is 1. The number of carbonyl (C=O) groups is 1. The normalized spacial score (nSPS) is 11.1. The van der Waals surface area contributed by atoms with Crippen molar-refractivity contribution in [2.24, 2.45) is 0 Å². The molecule has 0 bridgehead atoms. The molecule has 2 aromatic rings. The van der Waals surface area contributed by atoms with Gasteiger partial charge in [0.25, 0.3) is 0 Å². The van der Waals surface area contributed by atoms with Crippen molar-refractivity contribution in [3.05, 3.63) is 47.0 Å². The van der Waals surface area contributed by atoms with Gasteiger partial charge in [0.1, 0.15) is 11.6 Å². The third-order valence-electron chi connectivity index (χ3n) is 4.54. The number of unbranched alkanes of at least 4 members (excludes halogenated alkanes) is 6. The fourth-order valence-electron chi connectivity index (χ4n) is 3.05. The lowest BCUT2D eigenvalue weighted by atomic mass is 9.99. The summed E-state index contributed by atoms with van der Waals surface area (Å²) in [6, 6.07) is 2.23. The number of hydrogen-bond acceptors (Lipinski definition) is 1. The number of carboxylic acids is 1. The fraction of sp³-hybridized carbons (Fsp3) is 0.450. The van der Waals surface area contributed by atoms with Crippen molar-refractivity contribution in [1.29, 1.82) is 0 Å². The van der Waals surface area contributed by atoms with Crippen molar-refractivity contribution in [3.63, 3.8) is 0 Å². The number of hydrogen-bond donors (Lipinski definition) is 2. The second kappa shape index (κ2) is 9.46. The Kier molecular flexibility index (Phi) is 7.30. The Balaban J connectivity index is 2.10. The Hall–Kier alpha value is -2.24. The van der Waals surface area contributed by atoms with E-state index in [1.54, 1.807) is 0 Å². The molecule has 0 atom stereocenters. The topological polar surface area (TPSA) is 53.1 Å². The Morgan fingerprint density at radius 2 is 1.62 bits per heavy atom. The van der Waals surface area contributed by atoms with Gasteiger partial charge in [-0.15, -0.1) is 0 Å². The molecule has 2 rings (SSSR count). The highest BCUT2D eigenvalue weighted by Gasteiger charge is 2.22. The Labute approximate surface area is 151 Å². The predicted octanol–water partition coefficient (Wildman–Crippen LogP) is 6.09. The molecule has 0 aliphatic heterocycles. The van der Waals surface area contributed by atoms with Crippen molar-refractivity contribution >= 4 is 5.97 Å². The van der Waals surface area contributed by atoms with Crippen molar-refractivity contribution < 1.29 is 23.1 Å². The van der Waals surface area contributed by atoms with Crippen LogP contribution in [0.2, 0.25) is 0 Å². The number of aromatic carboxylic acids is 1. The highest BCUT2D eigenvalue weighted by atomic mass is 19.1. The number of halogens is 3. The molecule has 0 spiro atoms. The number of rotatable bonds is 10. The zero-order valence-corrected chi connectivity index (χ0v) is 14.9. The highest BCUT2D eigenvalue weighted by molar-refractivity contribution is 5.88. The maximum atomic E-state index is 14.7. The molecule has 142 valence electrons. The maximum Gasteiger partial charge on any atom is 0.355 e. The molecule has 0 fully saturated rings. The summed E-state index contributed by atoms with van der Waals surface area (Å²) in [5, 5.41) is 8.89. The number of carboxylic acid groups (broad SMARTS) is 1. The first kappa shape index (κ1) is 20.1. The summed E-state index contributed by atoms with van der Waals surface area (Å²) in [5.41, 5.74) is -1.06. The van der Waals surface area contributed by atoms with Gasteiger partial charge >= 0.3 is 5.97 Å². The summed E-state index contributed by atoms with van der Waals surface area (Å²) in [6.45, 7) is 2.14. The van der Waals surface area contributed by atoms with Gasteiger partial charge in [-0.25, -0.2) is 18.0 Å². The largest absolute Gasteiger partial charge is 0.476 e. The first-order valence-corrected chi connectivity index (χ1v) is 9.04. The minimum Gasteiger partial charge on any atom is -0.476 e. The smallest absolute Gasteiger partial charge is 0.355 e. The van der Waals surface area contributed by atoms with E-state index in [-0.39, 0.29) is 23.1 Å². The van der Waals surface area contributed by atoms with E-state index < -0.39 is 29.1 Å². The molecule has 1 heterocycles. The molecule has 0 unspecified atom stereocenters. The van der Waals surface area contributed by atoms with Gasteiger partial charge in [0.15, 0.2) is 11.5 Å². The first-order valence-electron chi connectivity index (χ1n) is 9.04. The Morgan fingerprint density at radius 3 is 2.23 bits per heavy atom. The molecule has 1 aromatic heterocycles. The molecule has 6 heteroatoms. The molecule has 26 heavy (non-hydrogen) atoms. The molecular formula is C20H24F3NO2. The van der Waals surface area contributed by atoms with Crippen molar-refractivity contribution in [2.75, 3.05) is 0 Å². The summed E-state index contributed by atoms with van der Waals surface area (Å²) in [4.78, 5) is 13.2. The summed E-state index contributed by atoms with van der Waals surface area (Å²) < 4.78 is 42.9. The molecule has 0 saturated carbocycles. The van der Waals surface area contributed by atoms with Gasteiger partial charge in [-0.2, -0.15) is 0 Å². The van der Waals surface area contributed by atoms with Gasteiger partial charge in [0.05, 0.1) is 0 Å². The molecule has 0 aliphatic carbocycles. The molecule has 0 saturated heterocycles. The molecule has 0 radical (unpaired) electrons. The summed E-state index contributed by atoms with van der Waals surface area (Å²) in [7, 11) is 0. The van der Waals surface area contributed by atoms with E-state index in [2.05, 4.69) is 11.9 Å². The number of nitrogens with one attached hydrogen (secondary N) is 1. The third-order valence-corrected chi connectivity index (χ3v) is 4.54. The Morgan fingerprint density at radius 1 is 0.962 bits per heavy atom. The lowest BCUT2D eigenvalue weighted by molar-refractivity contribution is 0.0686. The fourth-order valence-corrected chi connectivity index (χ4v) is 3.05. The zero-order chi connectivity index (χ0) is 19.1. The lowest BCUT2D eigenvalue weighted by Crippen LogP contribution is -2.01. The van der Waals surface area contributed by atoms with Crippen LogP contribution in [0.3, 0.4) is 0 Å². The molecule has 0 amide bonds. The van der Waals surface area contributed by atoms with Crippen LogP contribution >= 0.6 is 0 Å². The number of H-pyrrole nitrogens is 1. The van der Waals surface area contributed by atoms with Gasteiger partial charge in [-0.05, 0) is 25.0 Å². The lowest BCUT2D eigenvalue weighted by Gasteiger charge is -2.09. The van der Waals surface area contributed by atoms with E-state index in [1.165, 1.54) is 19.3 Å². The minimum atomic E-state index is -1.47. The van der Waals surface area contributed by atoms with Crippen LogP contribution in [-0.2, 0) is 6.42 Å². The van der Waals surface area contributed by atoms with Gasteiger partial charge in [0.2, 0.25) is 0 Å². The van der Waals surface area contributed by atoms with Gasteiger partial charge in [-0.3, -0.25) is 0 Å². The third kappa shape index (κ3) is 4.68. The van der Waals surface area contributed by atoms with Crippen LogP contribution in [-0.4, -0.2) is 16.1 Å². The predicted molar refractivity (Wildman–Crippen MR) is 94.8 cm³/mol. The standard InChI is InChI=1S/C20H24F3NO2/c1-2-3-4-5-6-7-8-9-14-16(21)11-10-13(17(14)22)15-12-24-19(18(15)23)20(25)26/h10-12,24H,2-9H2,1H3,(H,25,26). The van der Waals surface area contributed by atoms with Crippen molar-refractivity contribution in [1.82, 2.24) is 4.98 Å². The molecular weight excluding hydrogens is 343 g/mol. The quantitative estimate of drug-likeness (QED) is 0.499. The summed E-state index contributed by atoms with van der Waals surface area (Å²) in [5.74, 6) is -4.01. The molecule has 2 N–H and O–H groups in total. The molecule has 1 aromatic carbocycles. The van der Waals surface area contributed by atoms with Crippen LogP contribution in [0.25, 0.3) is 11.1 Å². The zero-order valence-electron chi connectivity index (χ0n) is 14.9. The maximum absolute atomic E-state index is 14.7. The van der Waals surface area contributed by atoms with E-state index in [4.69, 9.17) is 5.11 Å². The van der Waals surface area contributed by atoms with Crippen LogP contribution < -0.4 is 0 Å². The number of aromatic nitrogens is 1. The minimum absolute atomic E-state index is 0.0754. The van der Waals surface area contributed by atoms with Gasteiger partial charge < -0.3 is 10.1 Å². The molecule has 3 nitrogen and oxygen atoms in total. The SMILES string of the molecule is CCCCCCCCCc1c(F)ccc(-c2c[nH]c(C(=O)O)c2F)c1F. The molecule has 0 aliphatic rings. The van der Waals surface area contributed by atoms with E-state index in [0.717, 1.165) is 37.6 Å².